The van der Waals surface area contributed by atoms with Gasteiger partial charge in [-0.15, -0.1) is 0 Å². The van der Waals surface area contributed by atoms with Gasteiger partial charge in [0.15, 0.2) is 0 Å². The first-order valence-electron chi connectivity index (χ1n) is 11.8. The van der Waals surface area contributed by atoms with Crippen LogP contribution in [0, 0.1) is 24.6 Å². The summed E-state index contributed by atoms with van der Waals surface area (Å²) in [5, 5.41) is -2.61. The quantitative estimate of drug-likeness (QED) is 0.408. The Morgan fingerprint density at radius 1 is 1.09 bits per heavy atom. The lowest BCUT2D eigenvalue weighted by atomic mass is 9.78. The Morgan fingerprint density at radius 2 is 1.79 bits per heavy atom. The van der Waals surface area contributed by atoms with Crippen molar-refractivity contribution in [1.82, 2.24) is 0 Å². The monoisotopic (exact) mass is 478 g/mol. The summed E-state index contributed by atoms with van der Waals surface area (Å²) in [5.41, 5.74) is 2.46. The molecule has 0 spiro atoms. The normalized spacial score (nSPS) is 24.2. The summed E-state index contributed by atoms with van der Waals surface area (Å²) in [6.45, 7) is 3.52. The first-order valence-corrected chi connectivity index (χ1v) is 13.4. The van der Waals surface area contributed by atoms with E-state index in [2.05, 4.69) is 0 Å². The maximum Gasteiger partial charge on any atom is 0.362 e. The largest absolute Gasteiger partial charge is 0.493 e. The van der Waals surface area contributed by atoms with Crippen LogP contribution < -0.4 is 4.74 Å². The molecule has 4 rings (SSSR count). The molecule has 0 saturated heterocycles. The van der Waals surface area contributed by atoms with Crippen molar-refractivity contribution in [2.75, 3.05) is 6.61 Å². The summed E-state index contributed by atoms with van der Waals surface area (Å²) in [4.78, 5) is 19.2. The third kappa shape index (κ3) is 5.50. The molecule has 2 aliphatic carbocycles. The summed E-state index contributed by atoms with van der Waals surface area (Å²) in [5.74, 6) is 0.128. The van der Waals surface area contributed by atoms with E-state index < -0.39 is 18.9 Å². The third-order valence-corrected chi connectivity index (χ3v) is 8.79. The maximum atomic E-state index is 15.2. The van der Waals surface area contributed by atoms with Gasteiger partial charge in [0.1, 0.15) is 11.6 Å². The second-order valence-electron chi connectivity index (χ2n) is 10.0. The molecule has 0 unspecified atom stereocenters. The Bertz CT molecular complexity index is 1020. The molecule has 7 heteroatoms. The molecule has 0 amide bonds. The lowest BCUT2D eigenvalue weighted by Crippen LogP contribution is -2.29. The number of alkyl halides is 1. The average Bonchev–Trinajstić information content (AvgIpc) is 3.59. The molecule has 2 atom stereocenters. The van der Waals surface area contributed by atoms with Crippen molar-refractivity contribution in [2.24, 2.45) is 11.8 Å². The van der Waals surface area contributed by atoms with E-state index in [0.29, 0.717) is 23.8 Å². The number of rotatable bonds is 8. The van der Waals surface area contributed by atoms with Crippen LogP contribution in [0.1, 0.15) is 74.0 Å². The summed E-state index contributed by atoms with van der Waals surface area (Å²) in [6.07, 6.45) is 5.26. The van der Waals surface area contributed by atoms with Crippen molar-refractivity contribution in [1.29, 1.82) is 0 Å². The van der Waals surface area contributed by atoms with Crippen LogP contribution in [0.4, 0.5) is 8.78 Å². The van der Waals surface area contributed by atoms with E-state index in [0.717, 1.165) is 56.6 Å². The van der Waals surface area contributed by atoms with E-state index in [1.54, 1.807) is 36.4 Å². The number of hydrogen-bond acceptors (Lipinski definition) is 2. The summed E-state index contributed by atoms with van der Waals surface area (Å²) >= 11 is 0. The SMILES string of the molecule is Cc1ccc(F)c(C2CCC(COc3cccc([C@H](C4CC4)[C@@](C)(F)P(=O)(O)O)c3)CC2)c1. The van der Waals surface area contributed by atoms with Gasteiger partial charge in [-0.05, 0) is 99.5 Å². The van der Waals surface area contributed by atoms with E-state index in [-0.39, 0.29) is 17.7 Å². The highest BCUT2D eigenvalue weighted by Gasteiger charge is 2.55. The molecule has 180 valence electrons. The maximum absolute atomic E-state index is 15.2. The minimum absolute atomic E-state index is 0.0693. The van der Waals surface area contributed by atoms with Gasteiger partial charge in [-0.1, -0.05) is 29.8 Å². The van der Waals surface area contributed by atoms with Crippen molar-refractivity contribution in [3.63, 3.8) is 0 Å². The number of aryl methyl sites for hydroxylation is 1. The van der Waals surface area contributed by atoms with Gasteiger partial charge in [0.05, 0.1) is 6.61 Å². The molecule has 0 bridgehead atoms. The van der Waals surface area contributed by atoms with Crippen LogP contribution in [-0.2, 0) is 4.57 Å². The van der Waals surface area contributed by atoms with Crippen LogP contribution in [0.3, 0.4) is 0 Å². The molecule has 2 fully saturated rings. The Balaban J connectivity index is 1.38. The fraction of sp³-hybridized carbons (Fsp3) is 0.538. The van der Waals surface area contributed by atoms with Crippen LogP contribution in [0.15, 0.2) is 42.5 Å². The molecule has 0 radical (unpaired) electrons. The van der Waals surface area contributed by atoms with Gasteiger partial charge in [-0.25, -0.2) is 8.78 Å². The molecule has 33 heavy (non-hydrogen) atoms. The van der Waals surface area contributed by atoms with E-state index in [9.17, 15) is 18.7 Å². The van der Waals surface area contributed by atoms with Gasteiger partial charge in [-0.3, -0.25) is 4.57 Å². The minimum atomic E-state index is -4.93. The molecule has 0 heterocycles. The predicted molar refractivity (Wildman–Crippen MR) is 125 cm³/mol. The van der Waals surface area contributed by atoms with Crippen molar-refractivity contribution < 1.29 is 27.9 Å². The summed E-state index contributed by atoms with van der Waals surface area (Å²) in [6, 6.07) is 12.3. The molecule has 4 nitrogen and oxygen atoms in total. The Labute approximate surface area is 194 Å². The van der Waals surface area contributed by atoms with Crippen molar-refractivity contribution in [2.45, 2.75) is 69.6 Å². The lowest BCUT2D eigenvalue weighted by molar-refractivity contribution is 0.174. The lowest BCUT2D eigenvalue weighted by Gasteiger charge is -2.32. The molecule has 2 aromatic carbocycles. The van der Waals surface area contributed by atoms with Gasteiger partial charge < -0.3 is 14.5 Å². The Morgan fingerprint density at radius 3 is 2.42 bits per heavy atom. The Kier molecular flexibility index (Phi) is 7.00. The number of benzene rings is 2. The van der Waals surface area contributed by atoms with Crippen LogP contribution in [0.5, 0.6) is 5.75 Å². The zero-order valence-corrected chi connectivity index (χ0v) is 20.1. The van der Waals surface area contributed by atoms with Crippen molar-refractivity contribution >= 4 is 7.60 Å². The summed E-state index contributed by atoms with van der Waals surface area (Å²) in [7, 11) is -4.93. The third-order valence-electron chi connectivity index (χ3n) is 7.37. The van der Waals surface area contributed by atoms with Gasteiger partial charge >= 0.3 is 7.60 Å². The van der Waals surface area contributed by atoms with Gasteiger partial charge in [0.25, 0.3) is 0 Å². The topological polar surface area (TPSA) is 66.8 Å². The van der Waals surface area contributed by atoms with Crippen LogP contribution in [0.25, 0.3) is 0 Å². The van der Waals surface area contributed by atoms with E-state index >= 15 is 4.39 Å². The number of halogens is 2. The average molecular weight is 479 g/mol. The van der Waals surface area contributed by atoms with E-state index in [4.69, 9.17) is 4.74 Å². The Hall–Kier alpha value is -1.75. The highest BCUT2D eigenvalue weighted by Crippen LogP contribution is 2.63. The second-order valence-corrected chi connectivity index (χ2v) is 12.0. The fourth-order valence-corrected chi connectivity index (χ4v) is 5.97. The molecule has 2 aromatic rings. The standard InChI is InChI=1S/C26H33F2O4P/c1-17-6-13-24(27)23(14-17)19-9-7-18(8-10-19)16-32-22-5-3-4-21(15-22)25(20-11-12-20)26(2,28)33(29,30)31/h3-6,13-15,18-20,25H,7-12,16H2,1-2H3,(H2,29,30,31)/t18?,19?,25-,26-/m0/s1. The van der Waals surface area contributed by atoms with Gasteiger partial charge in [0.2, 0.25) is 5.41 Å². The van der Waals surface area contributed by atoms with Crippen molar-refractivity contribution in [3.8, 4) is 5.75 Å². The highest BCUT2D eigenvalue weighted by molar-refractivity contribution is 7.53. The van der Waals surface area contributed by atoms with Crippen molar-refractivity contribution in [3.05, 3.63) is 65.0 Å². The first-order chi connectivity index (χ1) is 15.6. The van der Waals surface area contributed by atoms with Crippen LogP contribution in [0.2, 0.25) is 0 Å². The first kappa shape index (κ1) is 24.4. The number of ether oxygens (including phenoxy) is 1. The number of hydrogen-bond donors (Lipinski definition) is 2. The zero-order valence-electron chi connectivity index (χ0n) is 19.2. The fourth-order valence-electron chi connectivity index (χ4n) is 5.25. The smallest absolute Gasteiger partial charge is 0.362 e. The summed E-state index contributed by atoms with van der Waals surface area (Å²) < 4.78 is 47.4. The zero-order chi connectivity index (χ0) is 23.8. The molecule has 0 aromatic heterocycles. The molecular weight excluding hydrogens is 445 g/mol. The van der Waals surface area contributed by atoms with Gasteiger partial charge in [-0.2, -0.15) is 0 Å². The minimum Gasteiger partial charge on any atom is -0.493 e. The second kappa shape index (κ2) is 9.48. The van der Waals surface area contributed by atoms with E-state index in [1.807, 2.05) is 13.0 Å². The van der Waals surface area contributed by atoms with Crippen LogP contribution >= 0.6 is 7.60 Å². The van der Waals surface area contributed by atoms with Gasteiger partial charge in [0, 0.05) is 5.92 Å². The highest BCUT2D eigenvalue weighted by atomic mass is 31.2. The molecular formula is C26H33F2O4P. The molecule has 2 N–H and O–H groups in total. The van der Waals surface area contributed by atoms with E-state index in [1.165, 1.54) is 0 Å². The molecule has 2 aliphatic rings. The van der Waals surface area contributed by atoms with Crippen LogP contribution in [-0.4, -0.2) is 21.8 Å². The molecule has 2 saturated carbocycles. The predicted octanol–water partition coefficient (Wildman–Crippen LogP) is 6.84. The molecule has 0 aliphatic heterocycles.